The number of rotatable bonds is 5. The summed E-state index contributed by atoms with van der Waals surface area (Å²) in [5.74, 6) is 0.542. The average molecular weight is 247 g/mol. The first-order chi connectivity index (χ1) is 7.13. The van der Waals surface area contributed by atoms with Gasteiger partial charge in [0.1, 0.15) is 0 Å². The van der Waals surface area contributed by atoms with Crippen LogP contribution in [0.1, 0.15) is 13.3 Å². The zero-order valence-electron chi connectivity index (χ0n) is 8.76. The second-order valence-corrected chi connectivity index (χ2v) is 4.50. The fraction of sp³-hybridized carbons (Fsp3) is 0.455. The quantitative estimate of drug-likeness (QED) is 0.836. The molecule has 1 unspecified atom stereocenters. The van der Waals surface area contributed by atoms with Crippen LogP contribution >= 0.6 is 23.2 Å². The predicted octanol–water partition coefficient (Wildman–Crippen LogP) is 3.39. The monoisotopic (exact) mass is 246 g/mol. The number of hydrogen-bond donors (Lipinski definition) is 2. The summed E-state index contributed by atoms with van der Waals surface area (Å²) in [4.78, 5) is 0. The molecule has 0 aliphatic rings. The smallest absolute Gasteiger partial charge is 0.0612 e. The summed E-state index contributed by atoms with van der Waals surface area (Å²) < 4.78 is 0. The van der Waals surface area contributed by atoms with E-state index in [2.05, 4.69) is 12.2 Å². The molecular weight excluding hydrogens is 231 g/mol. The standard InChI is InChI=1S/C11H16Cl2N2/c1-8(7-14)4-5-15-9-2-3-10(12)11(13)6-9/h2-3,6,8,15H,4-5,7,14H2,1H3. The Balaban J connectivity index is 2.41. The van der Waals surface area contributed by atoms with Gasteiger partial charge in [0.15, 0.2) is 0 Å². The molecule has 1 aromatic rings. The lowest BCUT2D eigenvalue weighted by Gasteiger charge is -2.10. The molecule has 1 aromatic carbocycles. The van der Waals surface area contributed by atoms with Crippen LogP contribution in [0.15, 0.2) is 18.2 Å². The molecule has 0 saturated heterocycles. The van der Waals surface area contributed by atoms with Gasteiger partial charge in [0.25, 0.3) is 0 Å². The molecule has 0 spiro atoms. The lowest BCUT2D eigenvalue weighted by Crippen LogP contribution is -2.14. The number of nitrogens with one attached hydrogen (secondary N) is 1. The molecule has 0 heterocycles. The molecule has 0 saturated carbocycles. The maximum absolute atomic E-state index is 5.89. The van der Waals surface area contributed by atoms with Crippen LogP contribution in [0.2, 0.25) is 10.0 Å². The van der Waals surface area contributed by atoms with Crippen molar-refractivity contribution in [3.8, 4) is 0 Å². The maximum Gasteiger partial charge on any atom is 0.0612 e. The molecule has 0 aromatic heterocycles. The lowest BCUT2D eigenvalue weighted by molar-refractivity contribution is 0.561. The van der Waals surface area contributed by atoms with E-state index in [0.717, 1.165) is 25.2 Å². The molecule has 0 fully saturated rings. The van der Waals surface area contributed by atoms with Gasteiger partial charge >= 0.3 is 0 Å². The Kier molecular flexibility index (Phi) is 5.23. The molecule has 1 rings (SSSR count). The van der Waals surface area contributed by atoms with Gasteiger partial charge < -0.3 is 11.1 Å². The topological polar surface area (TPSA) is 38.0 Å². The molecule has 0 aliphatic heterocycles. The van der Waals surface area contributed by atoms with Crippen LogP contribution < -0.4 is 11.1 Å². The van der Waals surface area contributed by atoms with E-state index >= 15 is 0 Å². The Hall–Kier alpha value is -0.440. The molecule has 0 bridgehead atoms. The third kappa shape index (κ3) is 4.29. The number of hydrogen-bond acceptors (Lipinski definition) is 2. The summed E-state index contributed by atoms with van der Waals surface area (Å²) in [6.07, 6.45) is 1.05. The second-order valence-electron chi connectivity index (χ2n) is 3.69. The van der Waals surface area contributed by atoms with Crippen molar-refractivity contribution < 1.29 is 0 Å². The Morgan fingerprint density at radius 1 is 1.33 bits per heavy atom. The van der Waals surface area contributed by atoms with Crippen LogP contribution in [0, 0.1) is 5.92 Å². The number of benzene rings is 1. The molecule has 0 radical (unpaired) electrons. The first-order valence-electron chi connectivity index (χ1n) is 5.02. The Bertz CT molecular complexity index is 315. The zero-order valence-corrected chi connectivity index (χ0v) is 10.3. The number of nitrogens with two attached hydrogens (primary N) is 1. The summed E-state index contributed by atoms with van der Waals surface area (Å²) in [6.45, 7) is 3.76. The fourth-order valence-corrected chi connectivity index (χ4v) is 1.48. The van der Waals surface area contributed by atoms with Crippen molar-refractivity contribution >= 4 is 28.9 Å². The highest BCUT2D eigenvalue weighted by molar-refractivity contribution is 6.42. The fourth-order valence-electron chi connectivity index (χ4n) is 1.19. The first kappa shape index (κ1) is 12.6. The van der Waals surface area contributed by atoms with Gasteiger partial charge in [-0.2, -0.15) is 0 Å². The highest BCUT2D eigenvalue weighted by Crippen LogP contribution is 2.24. The largest absolute Gasteiger partial charge is 0.385 e. The summed E-state index contributed by atoms with van der Waals surface area (Å²) in [6, 6.07) is 5.54. The van der Waals surface area contributed by atoms with Crippen molar-refractivity contribution in [2.24, 2.45) is 11.7 Å². The van der Waals surface area contributed by atoms with Crippen molar-refractivity contribution in [1.82, 2.24) is 0 Å². The minimum absolute atomic E-state index is 0.542. The zero-order chi connectivity index (χ0) is 11.3. The van der Waals surface area contributed by atoms with Gasteiger partial charge in [-0.1, -0.05) is 30.1 Å². The van der Waals surface area contributed by atoms with E-state index in [1.54, 1.807) is 6.07 Å². The van der Waals surface area contributed by atoms with Gasteiger partial charge in [0.05, 0.1) is 10.0 Å². The molecular formula is C11H16Cl2N2. The van der Waals surface area contributed by atoms with Crippen molar-refractivity contribution in [2.75, 3.05) is 18.4 Å². The van der Waals surface area contributed by atoms with Crippen LogP contribution in [0.5, 0.6) is 0 Å². The molecule has 4 heteroatoms. The van der Waals surface area contributed by atoms with Crippen molar-refractivity contribution in [1.29, 1.82) is 0 Å². The van der Waals surface area contributed by atoms with E-state index < -0.39 is 0 Å². The normalized spacial score (nSPS) is 12.5. The molecule has 84 valence electrons. The van der Waals surface area contributed by atoms with E-state index in [-0.39, 0.29) is 0 Å². The molecule has 0 aliphatic carbocycles. The van der Waals surface area contributed by atoms with Crippen molar-refractivity contribution in [3.05, 3.63) is 28.2 Å². The first-order valence-corrected chi connectivity index (χ1v) is 5.78. The van der Waals surface area contributed by atoms with E-state index in [9.17, 15) is 0 Å². The number of halogens is 2. The summed E-state index contributed by atoms with van der Waals surface area (Å²) in [7, 11) is 0. The van der Waals surface area contributed by atoms with E-state index in [1.807, 2.05) is 12.1 Å². The predicted molar refractivity (Wildman–Crippen MR) is 67.8 cm³/mol. The van der Waals surface area contributed by atoms with Crippen LogP contribution in [-0.2, 0) is 0 Å². The summed E-state index contributed by atoms with van der Waals surface area (Å²) >= 11 is 11.7. The molecule has 3 N–H and O–H groups in total. The molecule has 1 atom stereocenters. The highest BCUT2D eigenvalue weighted by atomic mass is 35.5. The molecule has 15 heavy (non-hydrogen) atoms. The van der Waals surface area contributed by atoms with Crippen LogP contribution in [0.4, 0.5) is 5.69 Å². The van der Waals surface area contributed by atoms with Gasteiger partial charge in [-0.3, -0.25) is 0 Å². The summed E-state index contributed by atoms with van der Waals surface area (Å²) in [5.41, 5.74) is 6.52. The van der Waals surface area contributed by atoms with Gasteiger partial charge in [-0.05, 0) is 37.1 Å². The lowest BCUT2D eigenvalue weighted by atomic mass is 10.1. The van der Waals surface area contributed by atoms with E-state index in [1.165, 1.54) is 0 Å². The van der Waals surface area contributed by atoms with Crippen molar-refractivity contribution in [2.45, 2.75) is 13.3 Å². The van der Waals surface area contributed by atoms with Gasteiger partial charge in [0, 0.05) is 12.2 Å². The summed E-state index contributed by atoms with van der Waals surface area (Å²) in [5, 5.41) is 4.44. The molecule has 2 nitrogen and oxygen atoms in total. The third-order valence-corrected chi connectivity index (χ3v) is 3.03. The Labute approximate surface area is 101 Å². The SMILES string of the molecule is CC(CN)CCNc1ccc(Cl)c(Cl)c1. The Morgan fingerprint density at radius 3 is 2.67 bits per heavy atom. The third-order valence-electron chi connectivity index (χ3n) is 2.29. The van der Waals surface area contributed by atoms with Crippen LogP contribution in [-0.4, -0.2) is 13.1 Å². The van der Waals surface area contributed by atoms with Gasteiger partial charge in [-0.15, -0.1) is 0 Å². The minimum atomic E-state index is 0.542. The van der Waals surface area contributed by atoms with Crippen LogP contribution in [0.25, 0.3) is 0 Å². The minimum Gasteiger partial charge on any atom is -0.385 e. The van der Waals surface area contributed by atoms with Gasteiger partial charge in [-0.25, -0.2) is 0 Å². The average Bonchev–Trinajstić information content (AvgIpc) is 2.23. The van der Waals surface area contributed by atoms with Crippen LogP contribution in [0.3, 0.4) is 0 Å². The molecule has 0 amide bonds. The number of anilines is 1. The highest BCUT2D eigenvalue weighted by Gasteiger charge is 2.00. The maximum atomic E-state index is 5.89. The van der Waals surface area contributed by atoms with E-state index in [0.29, 0.717) is 16.0 Å². The van der Waals surface area contributed by atoms with E-state index in [4.69, 9.17) is 28.9 Å². The Morgan fingerprint density at radius 2 is 2.07 bits per heavy atom. The van der Waals surface area contributed by atoms with Gasteiger partial charge in [0.2, 0.25) is 0 Å². The van der Waals surface area contributed by atoms with Crippen molar-refractivity contribution in [3.63, 3.8) is 0 Å². The second kappa shape index (κ2) is 6.21.